The summed E-state index contributed by atoms with van der Waals surface area (Å²) in [6.45, 7) is 9.19. The minimum Gasteiger partial charge on any atom is -0.395 e. The van der Waals surface area contributed by atoms with Crippen LogP contribution >= 0.6 is 11.8 Å². The zero-order valence-electron chi connectivity index (χ0n) is 13.1. The third-order valence-corrected chi connectivity index (χ3v) is 5.42. The zero-order valence-corrected chi connectivity index (χ0v) is 14.0. The second-order valence-corrected chi connectivity index (χ2v) is 7.70. The fourth-order valence-corrected chi connectivity index (χ4v) is 3.50. The largest absolute Gasteiger partial charge is 0.395 e. The molecule has 1 fully saturated rings. The Labute approximate surface area is 127 Å². The first-order chi connectivity index (χ1) is 9.41. The van der Waals surface area contributed by atoms with Crippen LogP contribution in [-0.4, -0.2) is 41.5 Å². The van der Waals surface area contributed by atoms with Crippen LogP contribution in [0.2, 0.25) is 0 Å². The van der Waals surface area contributed by atoms with Gasteiger partial charge in [-0.15, -0.1) is 11.8 Å². The van der Waals surface area contributed by atoms with Gasteiger partial charge in [0.25, 0.3) is 0 Å². The highest BCUT2D eigenvalue weighted by Crippen LogP contribution is 2.37. The van der Waals surface area contributed by atoms with Gasteiger partial charge in [0, 0.05) is 15.8 Å². The summed E-state index contributed by atoms with van der Waals surface area (Å²) in [4.78, 5) is 3.81. The second-order valence-electron chi connectivity index (χ2n) is 6.82. The van der Waals surface area contributed by atoms with Gasteiger partial charge in [0.1, 0.15) is 0 Å². The van der Waals surface area contributed by atoms with Gasteiger partial charge in [0.2, 0.25) is 0 Å². The number of thioether (sulfide) groups is 1. The average molecular weight is 293 g/mol. The third-order valence-electron chi connectivity index (χ3n) is 4.67. The third kappa shape index (κ3) is 3.21. The van der Waals surface area contributed by atoms with Crippen LogP contribution in [0.3, 0.4) is 0 Å². The molecule has 0 bridgehead atoms. The van der Waals surface area contributed by atoms with E-state index in [4.69, 9.17) is 0 Å². The van der Waals surface area contributed by atoms with Gasteiger partial charge in [-0.3, -0.25) is 4.90 Å². The summed E-state index contributed by atoms with van der Waals surface area (Å²) in [6, 6.07) is 8.75. The average Bonchev–Trinajstić information content (AvgIpc) is 2.46. The van der Waals surface area contributed by atoms with Gasteiger partial charge in [-0.1, -0.05) is 12.1 Å². The van der Waals surface area contributed by atoms with E-state index in [1.165, 1.54) is 10.5 Å². The summed E-state index contributed by atoms with van der Waals surface area (Å²) >= 11 is 1.76. The number of nitrogens with zero attached hydrogens (tertiary/aromatic N) is 1. The van der Waals surface area contributed by atoms with E-state index in [9.17, 15) is 5.11 Å². The molecule has 0 amide bonds. The van der Waals surface area contributed by atoms with Crippen molar-refractivity contribution in [1.82, 2.24) is 4.90 Å². The molecule has 1 aliphatic rings. The number of hydrogen-bond acceptors (Lipinski definition) is 3. The van der Waals surface area contributed by atoms with Gasteiger partial charge in [-0.2, -0.15) is 0 Å². The first-order valence-corrected chi connectivity index (χ1v) is 8.64. The van der Waals surface area contributed by atoms with Crippen LogP contribution < -0.4 is 0 Å². The molecule has 0 saturated carbocycles. The van der Waals surface area contributed by atoms with Crippen molar-refractivity contribution in [1.29, 1.82) is 0 Å². The molecule has 2 rings (SSSR count). The number of aliphatic hydroxyl groups is 1. The molecule has 1 aromatic carbocycles. The van der Waals surface area contributed by atoms with Crippen molar-refractivity contribution in [2.75, 3.05) is 26.0 Å². The maximum atomic E-state index is 9.99. The molecular formula is C17H27NOS. The van der Waals surface area contributed by atoms with Crippen molar-refractivity contribution in [2.24, 2.45) is 0 Å². The number of likely N-dealkylation sites (tertiary alicyclic amines) is 1. The quantitative estimate of drug-likeness (QED) is 0.862. The summed E-state index contributed by atoms with van der Waals surface area (Å²) < 4.78 is 0. The second kappa shape index (κ2) is 6.08. The molecular weight excluding hydrogens is 266 g/mol. The summed E-state index contributed by atoms with van der Waals surface area (Å²) in [5.74, 6) is 0. The van der Waals surface area contributed by atoms with Crippen molar-refractivity contribution < 1.29 is 5.11 Å². The summed E-state index contributed by atoms with van der Waals surface area (Å²) in [7, 11) is 0. The number of hydrogen-bond donors (Lipinski definition) is 1. The van der Waals surface area contributed by atoms with Crippen LogP contribution in [0.4, 0.5) is 0 Å². The standard InChI is InChI=1S/C17H27NOS/c1-16(2,3)18-11-9-17(13-19,10-12-18)14-5-7-15(20-4)8-6-14/h5-8,19H,9-13H2,1-4H3. The fourth-order valence-electron chi connectivity index (χ4n) is 3.09. The highest BCUT2D eigenvalue weighted by Gasteiger charge is 2.38. The minimum atomic E-state index is -0.0430. The lowest BCUT2D eigenvalue weighted by Crippen LogP contribution is -2.51. The molecule has 1 N–H and O–H groups in total. The molecule has 2 nitrogen and oxygen atoms in total. The summed E-state index contributed by atoms with van der Waals surface area (Å²) in [6.07, 6.45) is 4.18. The molecule has 0 aliphatic carbocycles. The smallest absolute Gasteiger partial charge is 0.0528 e. The first-order valence-electron chi connectivity index (χ1n) is 7.42. The van der Waals surface area contributed by atoms with Crippen molar-refractivity contribution in [3.05, 3.63) is 29.8 Å². The Bertz CT molecular complexity index is 427. The van der Waals surface area contributed by atoms with Crippen LogP contribution in [0, 0.1) is 0 Å². The molecule has 0 unspecified atom stereocenters. The molecule has 20 heavy (non-hydrogen) atoms. The van der Waals surface area contributed by atoms with E-state index < -0.39 is 0 Å². The van der Waals surface area contributed by atoms with Crippen molar-refractivity contribution in [3.63, 3.8) is 0 Å². The Morgan fingerprint density at radius 2 is 1.70 bits per heavy atom. The van der Waals surface area contributed by atoms with E-state index in [2.05, 4.69) is 56.2 Å². The molecule has 1 saturated heterocycles. The highest BCUT2D eigenvalue weighted by molar-refractivity contribution is 7.98. The molecule has 1 aromatic rings. The van der Waals surface area contributed by atoms with Crippen molar-refractivity contribution in [3.8, 4) is 0 Å². The molecule has 3 heteroatoms. The summed E-state index contributed by atoms with van der Waals surface area (Å²) in [5, 5.41) is 9.99. The monoisotopic (exact) mass is 293 g/mol. The number of aliphatic hydroxyl groups excluding tert-OH is 1. The Morgan fingerprint density at radius 3 is 2.10 bits per heavy atom. The first kappa shape index (κ1) is 15.9. The lowest BCUT2D eigenvalue weighted by molar-refractivity contribution is 0.0492. The molecule has 1 aliphatic heterocycles. The molecule has 0 radical (unpaired) electrons. The minimum absolute atomic E-state index is 0.0430. The van der Waals surface area contributed by atoms with Crippen molar-refractivity contribution in [2.45, 2.75) is 49.5 Å². The van der Waals surface area contributed by atoms with E-state index in [0.717, 1.165) is 25.9 Å². The molecule has 0 atom stereocenters. The van der Waals surface area contributed by atoms with Crippen LogP contribution in [0.5, 0.6) is 0 Å². The van der Waals surface area contributed by atoms with Crippen molar-refractivity contribution >= 4 is 11.8 Å². The maximum absolute atomic E-state index is 9.99. The van der Waals surface area contributed by atoms with E-state index >= 15 is 0 Å². The van der Waals surface area contributed by atoms with Gasteiger partial charge in [0.15, 0.2) is 0 Å². The Hall–Kier alpha value is -0.510. The number of rotatable bonds is 3. The normalized spacial score (nSPS) is 20.1. The Kier molecular flexibility index (Phi) is 4.83. The summed E-state index contributed by atoms with van der Waals surface area (Å²) in [5.41, 5.74) is 1.48. The molecule has 1 heterocycles. The van der Waals surface area contributed by atoms with Crippen LogP contribution in [0.15, 0.2) is 29.2 Å². The predicted octanol–water partition coefficient (Wildman–Crippen LogP) is 3.53. The predicted molar refractivity (Wildman–Crippen MR) is 87.5 cm³/mol. The van der Waals surface area contributed by atoms with Gasteiger partial charge in [-0.25, -0.2) is 0 Å². The van der Waals surface area contributed by atoms with Crippen LogP contribution in [0.25, 0.3) is 0 Å². The van der Waals surface area contributed by atoms with E-state index in [0.29, 0.717) is 0 Å². The number of piperidine rings is 1. The molecule has 112 valence electrons. The van der Waals surface area contributed by atoms with E-state index in [1.54, 1.807) is 11.8 Å². The van der Waals surface area contributed by atoms with Gasteiger partial charge >= 0.3 is 0 Å². The Balaban J connectivity index is 2.15. The Morgan fingerprint density at radius 1 is 1.15 bits per heavy atom. The SMILES string of the molecule is CSc1ccc(C2(CO)CCN(C(C)(C)C)CC2)cc1. The lowest BCUT2D eigenvalue weighted by atomic mass is 9.73. The fraction of sp³-hybridized carbons (Fsp3) is 0.647. The topological polar surface area (TPSA) is 23.5 Å². The van der Waals surface area contributed by atoms with Gasteiger partial charge < -0.3 is 5.11 Å². The van der Waals surface area contributed by atoms with E-state index in [1.807, 2.05) is 0 Å². The number of benzene rings is 1. The lowest BCUT2D eigenvalue weighted by Gasteiger charge is -2.46. The molecule has 0 aromatic heterocycles. The van der Waals surface area contributed by atoms with Crippen LogP contribution in [-0.2, 0) is 5.41 Å². The molecule has 0 spiro atoms. The van der Waals surface area contributed by atoms with Crippen LogP contribution in [0.1, 0.15) is 39.2 Å². The van der Waals surface area contributed by atoms with E-state index in [-0.39, 0.29) is 17.6 Å². The maximum Gasteiger partial charge on any atom is 0.0528 e. The van der Waals surface area contributed by atoms with Gasteiger partial charge in [0.05, 0.1) is 6.61 Å². The zero-order chi connectivity index (χ0) is 14.8. The highest BCUT2D eigenvalue weighted by atomic mass is 32.2. The van der Waals surface area contributed by atoms with Gasteiger partial charge in [-0.05, 0) is 70.7 Å².